The van der Waals surface area contributed by atoms with E-state index in [1.807, 2.05) is 0 Å². The monoisotopic (exact) mass is 498 g/mol. The van der Waals surface area contributed by atoms with E-state index < -0.39 is 23.0 Å². The number of aromatic nitrogens is 5. The third-order valence-electron chi connectivity index (χ3n) is 6.13. The zero-order valence-corrected chi connectivity index (χ0v) is 19.1. The first-order valence-corrected chi connectivity index (χ1v) is 11.2. The molecule has 0 atom stereocenters. The van der Waals surface area contributed by atoms with Gasteiger partial charge in [-0.2, -0.15) is 5.10 Å². The van der Waals surface area contributed by atoms with Gasteiger partial charge >= 0.3 is 0 Å². The number of fused-ring (bicyclic) bond motifs is 2. The van der Waals surface area contributed by atoms with Gasteiger partial charge in [-0.05, 0) is 41.8 Å². The second-order valence-electron chi connectivity index (χ2n) is 8.41. The van der Waals surface area contributed by atoms with Crippen LogP contribution in [0, 0.1) is 17.5 Å². The molecule has 6 rings (SSSR count). The fourth-order valence-electron chi connectivity index (χ4n) is 4.52. The molecule has 0 fully saturated rings. The lowest BCUT2D eigenvalue weighted by Gasteiger charge is -2.16. The molecule has 3 aromatic heterocycles. The molecular formula is C27H17F3N6O. The van der Waals surface area contributed by atoms with Gasteiger partial charge in [-0.3, -0.25) is 9.36 Å². The molecule has 6 aromatic rings. The highest BCUT2D eigenvalue weighted by Gasteiger charge is 2.21. The average Bonchev–Trinajstić information content (AvgIpc) is 3.25. The number of hydrogen-bond donors (Lipinski definition) is 1. The highest BCUT2D eigenvalue weighted by atomic mass is 19.1. The molecule has 10 heteroatoms. The van der Waals surface area contributed by atoms with Crippen LogP contribution in [0.15, 0.2) is 83.9 Å². The molecule has 0 bridgehead atoms. The standard InChI is InChI=1S/C27H17F3N6O/c28-17-7-3-6-16(11-17)24-23-25(31)32-14-33-26(23)35(34-24)13-18-12-15-5-4-9-20(30)22(15)27(37)36(18)21-10-2-1-8-19(21)29/h1-12,14H,13H2,(H2,31,32,33). The fraction of sp³-hybridized carbons (Fsp3) is 0.0370. The molecule has 0 aliphatic carbocycles. The SMILES string of the molecule is Nc1ncnc2c1c(-c1cccc(F)c1)nn2Cc1cc2cccc(F)c2c(=O)n1-c1ccccc1F. The van der Waals surface area contributed by atoms with E-state index in [0.29, 0.717) is 33.4 Å². The molecule has 3 heterocycles. The van der Waals surface area contributed by atoms with Crippen LogP contribution in [0.4, 0.5) is 19.0 Å². The van der Waals surface area contributed by atoms with Crippen molar-refractivity contribution in [2.75, 3.05) is 5.73 Å². The van der Waals surface area contributed by atoms with Crippen LogP contribution in [0.2, 0.25) is 0 Å². The molecule has 0 amide bonds. The van der Waals surface area contributed by atoms with Crippen molar-refractivity contribution in [3.8, 4) is 16.9 Å². The zero-order chi connectivity index (χ0) is 25.7. The maximum Gasteiger partial charge on any atom is 0.266 e. The van der Waals surface area contributed by atoms with E-state index in [2.05, 4.69) is 15.1 Å². The highest BCUT2D eigenvalue weighted by molar-refractivity contribution is 5.98. The number of pyridine rings is 1. The van der Waals surface area contributed by atoms with E-state index in [1.54, 1.807) is 30.3 Å². The van der Waals surface area contributed by atoms with Crippen LogP contribution >= 0.6 is 0 Å². The molecule has 0 aliphatic heterocycles. The van der Waals surface area contributed by atoms with Crippen molar-refractivity contribution in [2.24, 2.45) is 0 Å². The Labute approximate surface area is 207 Å². The topological polar surface area (TPSA) is 91.6 Å². The van der Waals surface area contributed by atoms with Gasteiger partial charge < -0.3 is 5.73 Å². The lowest BCUT2D eigenvalue weighted by Crippen LogP contribution is -2.25. The summed E-state index contributed by atoms with van der Waals surface area (Å²) in [6, 6.07) is 17.5. The number of rotatable bonds is 4. The largest absolute Gasteiger partial charge is 0.383 e. The van der Waals surface area contributed by atoms with Crippen LogP contribution in [0.1, 0.15) is 5.69 Å². The second kappa shape index (κ2) is 8.59. The van der Waals surface area contributed by atoms with Gasteiger partial charge in [-0.25, -0.2) is 27.8 Å². The minimum atomic E-state index is -0.716. The van der Waals surface area contributed by atoms with Crippen molar-refractivity contribution in [3.63, 3.8) is 0 Å². The van der Waals surface area contributed by atoms with Gasteiger partial charge in [0.2, 0.25) is 0 Å². The normalized spacial score (nSPS) is 11.4. The summed E-state index contributed by atoms with van der Waals surface area (Å²) in [4.78, 5) is 21.9. The third-order valence-corrected chi connectivity index (χ3v) is 6.13. The van der Waals surface area contributed by atoms with Crippen LogP contribution in [0.3, 0.4) is 0 Å². The number of hydrogen-bond acceptors (Lipinski definition) is 5. The first-order chi connectivity index (χ1) is 17.9. The van der Waals surface area contributed by atoms with Crippen molar-refractivity contribution in [3.05, 3.63) is 113 Å². The van der Waals surface area contributed by atoms with Crippen molar-refractivity contribution in [2.45, 2.75) is 6.54 Å². The Kier molecular flexibility index (Phi) is 5.22. The van der Waals surface area contributed by atoms with Crippen LogP contribution in [0.25, 0.3) is 38.8 Å². The molecule has 37 heavy (non-hydrogen) atoms. The van der Waals surface area contributed by atoms with E-state index in [0.717, 1.165) is 4.57 Å². The smallest absolute Gasteiger partial charge is 0.266 e. The first kappa shape index (κ1) is 22.5. The Bertz CT molecular complexity index is 1900. The zero-order valence-electron chi connectivity index (χ0n) is 19.1. The lowest BCUT2D eigenvalue weighted by atomic mass is 10.1. The van der Waals surface area contributed by atoms with Crippen molar-refractivity contribution in [1.29, 1.82) is 0 Å². The van der Waals surface area contributed by atoms with Gasteiger partial charge in [0.25, 0.3) is 5.56 Å². The second-order valence-corrected chi connectivity index (χ2v) is 8.41. The quantitative estimate of drug-likeness (QED) is 0.375. The van der Waals surface area contributed by atoms with Gasteiger partial charge in [-0.15, -0.1) is 0 Å². The van der Waals surface area contributed by atoms with E-state index in [1.165, 1.54) is 53.5 Å². The molecule has 0 radical (unpaired) electrons. The summed E-state index contributed by atoms with van der Waals surface area (Å²) >= 11 is 0. The Morgan fingerprint density at radius 1 is 0.838 bits per heavy atom. The predicted molar refractivity (Wildman–Crippen MR) is 134 cm³/mol. The number of nitrogen functional groups attached to an aromatic ring is 1. The minimum absolute atomic E-state index is 0.0383. The maximum atomic E-state index is 14.9. The van der Waals surface area contributed by atoms with E-state index >= 15 is 0 Å². The van der Waals surface area contributed by atoms with Gasteiger partial charge in [0.15, 0.2) is 5.65 Å². The average molecular weight is 498 g/mol. The Hall–Kier alpha value is -4.99. The Morgan fingerprint density at radius 3 is 2.43 bits per heavy atom. The van der Waals surface area contributed by atoms with Crippen molar-refractivity contribution in [1.82, 2.24) is 24.3 Å². The summed E-state index contributed by atoms with van der Waals surface area (Å²) in [6.45, 7) is -0.0572. The Balaban J connectivity index is 1.63. The molecule has 0 unspecified atom stereocenters. The number of halogens is 3. The molecule has 0 saturated heterocycles. The third kappa shape index (κ3) is 3.70. The molecule has 0 saturated carbocycles. The number of nitrogens with two attached hydrogens (primary N) is 1. The molecule has 182 valence electrons. The molecule has 0 spiro atoms. The van der Waals surface area contributed by atoms with Crippen LogP contribution in [0.5, 0.6) is 0 Å². The van der Waals surface area contributed by atoms with Gasteiger partial charge in [-0.1, -0.05) is 36.4 Å². The fourth-order valence-corrected chi connectivity index (χ4v) is 4.52. The van der Waals surface area contributed by atoms with Gasteiger partial charge in [0.05, 0.1) is 23.0 Å². The predicted octanol–water partition coefficient (Wildman–Crippen LogP) is 4.85. The Morgan fingerprint density at radius 2 is 1.62 bits per heavy atom. The van der Waals surface area contributed by atoms with Crippen LogP contribution in [-0.2, 0) is 6.54 Å². The molecule has 2 N–H and O–H groups in total. The van der Waals surface area contributed by atoms with E-state index in [4.69, 9.17) is 5.73 Å². The summed E-state index contributed by atoms with van der Waals surface area (Å²) in [5, 5.41) is 5.22. The lowest BCUT2D eigenvalue weighted by molar-refractivity contribution is 0.604. The minimum Gasteiger partial charge on any atom is -0.383 e. The summed E-state index contributed by atoms with van der Waals surface area (Å²) in [5.41, 5.74) is 6.85. The number of benzene rings is 3. The van der Waals surface area contributed by atoms with Crippen LogP contribution in [-0.4, -0.2) is 24.3 Å². The summed E-state index contributed by atoms with van der Waals surface area (Å²) < 4.78 is 46.2. The van der Waals surface area contributed by atoms with Crippen LogP contribution < -0.4 is 11.3 Å². The number of nitrogens with zero attached hydrogens (tertiary/aromatic N) is 5. The molecular weight excluding hydrogens is 481 g/mol. The van der Waals surface area contributed by atoms with Crippen molar-refractivity contribution >= 4 is 27.6 Å². The first-order valence-electron chi connectivity index (χ1n) is 11.2. The van der Waals surface area contributed by atoms with E-state index in [-0.39, 0.29) is 23.4 Å². The van der Waals surface area contributed by atoms with Gasteiger partial charge in [0.1, 0.15) is 35.3 Å². The molecule has 0 aliphatic rings. The van der Waals surface area contributed by atoms with Crippen molar-refractivity contribution < 1.29 is 13.2 Å². The molecule has 7 nitrogen and oxygen atoms in total. The van der Waals surface area contributed by atoms with E-state index in [9.17, 15) is 18.0 Å². The summed E-state index contributed by atoms with van der Waals surface area (Å²) in [5.74, 6) is -1.68. The molecule has 3 aromatic carbocycles. The number of para-hydroxylation sites is 1. The maximum absolute atomic E-state index is 14.9. The van der Waals surface area contributed by atoms with Gasteiger partial charge in [0, 0.05) is 11.3 Å². The highest BCUT2D eigenvalue weighted by Crippen LogP contribution is 2.31. The summed E-state index contributed by atoms with van der Waals surface area (Å²) in [6.07, 6.45) is 1.27. The number of anilines is 1. The summed E-state index contributed by atoms with van der Waals surface area (Å²) in [7, 11) is 0.